The second kappa shape index (κ2) is 6.10. The fourth-order valence-electron chi connectivity index (χ4n) is 1.06. The Morgan fingerprint density at radius 2 is 2.27 bits per heavy atom. The second-order valence-electron chi connectivity index (χ2n) is 3.01. The fourth-order valence-corrected chi connectivity index (χ4v) is 1.80. The Labute approximate surface area is 102 Å². The van der Waals surface area contributed by atoms with Gasteiger partial charge >= 0.3 is 0 Å². The van der Waals surface area contributed by atoms with Crippen LogP contribution in [0.2, 0.25) is 5.02 Å². The van der Waals surface area contributed by atoms with Crippen LogP contribution in [0.1, 0.15) is 5.56 Å². The summed E-state index contributed by atoms with van der Waals surface area (Å²) in [6, 6.07) is 5.67. The molecular weight excluding hydrogens is 279 g/mol. The molecule has 0 fully saturated rings. The largest absolute Gasteiger partial charge is 0.358 e. The molecule has 0 radical (unpaired) electrons. The van der Waals surface area contributed by atoms with E-state index in [1.165, 1.54) is 0 Å². The molecule has 0 heterocycles. The molecule has 0 spiro atoms. The number of carbonyl (C=O) groups is 1. The van der Waals surface area contributed by atoms with Gasteiger partial charge in [-0.15, -0.1) is 0 Å². The van der Waals surface area contributed by atoms with Gasteiger partial charge in [-0.2, -0.15) is 0 Å². The molecule has 1 rings (SSSR count). The van der Waals surface area contributed by atoms with Gasteiger partial charge in [0, 0.05) is 23.1 Å². The number of amides is 1. The van der Waals surface area contributed by atoms with E-state index in [1.807, 2.05) is 18.2 Å². The summed E-state index contributed by atoms with van der Waals surface area (Å²) in [6.45, 7) is 0.877. The number of likely N-dealkylation sites (N-methyl/N-ethyl adjacent to an activating group) is 1. The number of rotatable bonds is 4. The van der Waals surface area contributed by atoms with Crippen LogP contribution in [-0.4, -0.2) is 19.5 Å². The molecule has 0 aliphatic rings. The van der Waals surface area contributed by atoms with Gasteiger partial charge in [-0.3, -0.25) is 4.79 Å². The Bertz CT molecular complexity index is 357. The van der Waals surface area contributed by atoms with Gasteiger partial charge in [0.1, 0.15) is 0 Å². The molecule has 2 N–H and O–H groups in total. The first-order valence-electron chi connectivity index (χ1n) is 4.48. The Hall–Kier alpha value is -0.580. The summed E-state index contributed by atoms with van der Waals surface area (Å²) in [5, 5.41) is 6.22. The van der Waals surface area contributed by atoms with Crippen LogP contribution in [0.4, 0.5) is 0 Å². The van der Waals surface area contributed by atoms with E-state index < -0.39 is 0 Å². The highest BCUT2D eigenvalue weighted by molar-refractivity contribution is 9.10. The van der Waals surface area contributed by atoms with Crippen molar-refractivity contribution in [1.82, 2.24) is 10.6 Å². The van der Waals surface area contributed by atoms with E-state index in [0.717, 1.165) is 10.0 Å². The van der Waals surface area contributed by atoms with Crippen LogP contribution in [0, 0.1) is 0 Å². The number of halogens is 2. The van der Waals surface area contributed by atoms with Crippen LogP contribution in [0.3, 0.4) is 0 Å². The summed E-state index contributed by atoms with van der Waals surface area (Å²) >= 11 is 9.34. The smallest absolute Gasteiger partial charge is 0.233 e. The maximum absolute atomic E-state index is 10.9. The molecule has 0 atom stereocenters. The molecule has 3 nitrogen and oxygen atoms in total. The van der Waals surface area contributed by atoms with Crippen molar-refractivity contribution < 1.29 is 4.79 Å². The third-order valence-electron chi connectivity index (χ3n) is 1.89. The zero-order chi connectivity index (χ0) is 11.3. The lowest BCUT2D eigenvalue weighted by molar-refractivity contribution is -0.119. The third-order valence-corrected chi connectivity index (χ3v) is 2.74. The van der Waals surface area contributed by atoms with Gasteiger partial charge in [0.05, 0.1) is 6.54 Å². The molecule has 82 valence electrons. The van der Waals surface area contributed by atoms with E-state index in [-0.39, 0.29) is 5.91 Å². The van der Waals surface area contributed by atoms with Crippen LogP contribution in [0.25, 0.3) is 0 Å². The standard InChI is InChI=1S/C10H12BrClN2O/c1-13-10(15)6-14-5-7-2-3-8(11)4-9(7)12/h2-4,14H,5-6H2,1H3,(H,13,15). The molecular formula is C10H12BrClN2O. The Morgan fingerprint density at radius 3 is 2.87 bits per heavy atom. The summed E-state index contributed by atoms with van der Waals surface area (Å²) in [4.78, 5) is 10.9. The van der Waals surface area contributed by atoms with Crippen LogP contribution in [0.15, 0.2) is 22.7 Å². The maximum atomic E-state index is 10.9. The molecule has 5 heteroatoms. The molecule has 0 saturated carbocycles. The van der Waals surface area contributed by atoms with Gasteiger partial charge in [0.15, 0.2) is 0 Å². The van der Waals surface area contributed by atoms with E-state index >= 15 is 0 Å². The Balaban J connectivity index is 2.47. The molecule has 0 bridgehead atoms. The number of hydrogen-bond donors (Lipinski definition) is 2. The van der Waals surface area contributed by atoms with Gasteiger partial charge in [0.2, 0.25) is 5.91 Å². The van der Waals surface area contributed by atoms with E-state index in [4.69, 9.17) is 11.6 Å². The maximum Gasteiger partial charge on any atom is 0.233 e. The zero-order valence-electron chi connectivity index (χ0n) is 8.31. The van der Waals surface area contributed by atoms with Crippen molar-refractivity contribution in [3.8, 4) is 0 Å². The molecule has 0 saturated heterocycles. The van der Waals surface area contributed by atoms with E-state index in [1.54, 1.807) is 7.05 Å². The highest BCUT2D eigenvalue weighted by atomic mass is 79.9. The lowest BCUT2D eigenvalue weighted by Gasteiger charge is -2.06. The summed E-state index contributed by atoms with van der Waals surface area (Å²) in [7, 11) is 1.61. The Morgan fingerprint density at radius 1 is 1.53 bits per heavy atom. The number of benzene rings is 1. The first-order valence-corrected chi connectivity index (χ1v) is 5.66. The average Bonchev–Trinajstić information content (AvgIpc) is 2.21. The lowest BCUT2D eigenvalue weighted by atomic mass is 10.2. The monoisotopic (exact) mass is 290 g/mol. The first kappa shape index (κ1) is 12.5. The lowest BCUT2D eigenvalue weighted by Crippen LogP contribution is -2.31. The van der Waals surface area contributed by atoms with E-state index in [0.29, 0.717) is 18.1 Å². The quantitative estimate of drug-likeness (QED) is 0.890. The van der Waals surface area contributed by atoms with Crippen molar-refractivity contribution in [1.29, 1.82) is 0 Å². The van der Waals surface area contributed by atoms with Crippen LogP contribution in [-0.2, 0) is 11.3 Å². The van der Waals surface area contributed by atoms with Crippen molar-refractivity contribution in [3.63, 3.8) is 0 Å². The predicted octanol–water partition coefficient (Wildman–Crippen LogP) is 1.94. The number of hydrogen-bond acceptors (Lipinski definition) is 2. The van der Waals surface area contributed by atoms with Gasteiger partial charge in [-0.1, -0.05) is 33.6 Å². The predicted molar refractivity (Wildman–Crippen MR) is 64.9 cm³/mol. The van der Waals surface area contributed by atoms with Gasteiger partial charge in [0.25, 0.3) is 0 Å². The van der Waals surface area contributed by atoms with E-state index in [2.05, 4.69) is 26.6 Å². The highest BCUT2D eigenvalue weighted by Gasteiger charge is 2.01. The summed E-state index contributed by atoms with van der Waals surface area (Å²) < 4.78 is 0.947. The fraction of sp³-hybridized carbons (Fsp3) is 0.300. The first-order chi connectivity index (χ1) is 7.13. The molecule has 15 heavy (non-hydrogen) atoms. The molecule has 0 aromatic heterocycles. The SMILES string of the molecule is CNC(=O)CNCc1ccc(Br)cc1Cl. The highest BCUT2D eigenvalue weighted by Crippen LogP contribution is 2.20. The second-order valence-corrected chi connectivity index (χ2v) is 4.34. The minimum atomic E-state index is -0.0387. The summed E-state index contributed by atoms with van der Waals surface area (Å²) in [6.07, 6.45) is 0. The topological polar surface area (TPSA) is 41.1 Å². The third kappa shape index (κ3) is 4.20. The molecule has 1 amide bonds. The minimum absolute atomic E-state index is 0.0387. The van der Waals surface area contributed by atoms with Crippen molar-refractivity contribution in [2.24, 2.45) is 0 Å². The molecule has 0 aliphatic carbocycles. The number of carbonyl (C=O) groups excluding carboxylic acids is 1. The van der Waals surface area contributed by atoms with Crippen LogP contribution >= 0.6 is 27.5 Å². The molecule has 0 unspecified atom stereocenters. The molecule has 1 aromatic carbocycles. The van der Waals surface area contributed by atoms with Crippen molar-refractivity contribution >= 4 is 33.4 Å². The summed E-state index contributed by atoms with van der Waals surface area (Å²) in [5.41, 5.74) is 0.976. The Kier molecular flexibility index (Phi) is 5.08. The van der Waals surface area contributed by atoms with Gasteiger partial charge in [-0.05, 0) is 17.7 Å². The van der Waals surface area contributed by atoms with Crippen molar-refractivity contribution in [2.75, 3.05) is 13.6 Å². The van der Waals surface area contributed by atoms with Gasteiger partial charge in [-0.25, -0.2) is 0 Å². The normalized spacial score (nSPS) is 10.1. The van der Waals surface area contributed by atoms with Gasteiger partial charge < -0.3 is 10.6 Å². The minimum Gasteiger partial charge on any atom is -0.358 e. The van der Waals surface area contributed by atoms with Crippen molar-refractivity contribution in [3.05, 3.63) is 33.3 Å². The summed E-state index contributed by atoms with van der Waals surface area (Å²) in [5.74, 6) is -0.0387. The van der Waals surface area contributed by atoms with E-state index in [9.17, 15) is 4.79 Å². The molecule has 0 aliphatic heterocycles. The van der Waals surface area contributed by atoms with Crippen LogP contribution in [0.5, 0.6) is 0 Å². The van der Waals surface area contributed by atoms with Crippen molar-refractivity contribution in [2.45, 2.75) is 6.54 Å². The average molecular weight is 292 g/mol. The number of nitrogens with one attached hydrogen (secondary N) is 2. The van der Waals surface area contributed by atoms with Crippen LogP contribution < -0.4 is 10.6 Å². The zero-order valence-corrected chi connectivity index (χ0v) is 10.7. The molecule has 1 aromatic rings.